The van der Waals surface area contributed by atoms with Crippen LogP contribution in [0.2, 0.25) is 0 Å². The van der Waals surface area contributed by atoms with Gasteiger partial charge in [-0.2, -0.15) is 10.2 Å². The minimum absolute atomic E-state index is 0.0450. The fourth-order valence-electron chi connectivity index (χ4n) is 1.56. The highest BCUT2D eigenvalue weighted by atomic mass is 15.4. The minimum atomic E-state index is -0.0450. The lowest BCUT2D eigenvalue weighted by atomic mass is 9.80. The van der Waals surface area contributed by atoms with Crippen LogP contribution in [0.5, 0.6) is 0 Å². The monoisotopic (exact) mass is 130 g/mol. The predicted molar refractivity (Wildman–Crippen MR) is 36.7 cm³/mol. The van der Waals surface area contributed by atoms with Crippen molar-refractivity contribution in [1.82, 2.24) is 0 Å². The quantitative estimate of drug-likeness (QED) is 0.512. The second-order valence-corrected chi connectivity index (χ2v) is 2.85. The second-order valence-electron chi connectivity index (χ2n) is 2.85. The van der Waals surface area contributed by atoms with Crippen LogP contribution in [0.4, 0.5) is 0 Å². The number of fused-ring (bicyclic) bond motifs is 2. The van der Waals surface area contributed by atoms with Crippen LogP contribution in [-0.2, 0) is 12.1 Å². The molecule has 2 aliphatic rings. The average Bonchev–Trinajstić information content (AvgIpc) is 2.67. The average molecular weight is 130 g/mol. The van der Waals surface area contributed by atoms with Gasteiger partial charge in [-0.05, 0) is 5.56 Å². The van der Waals surface area contributed by atoms with E-state index in [0.29, 0.717) is 0 Å². The Labute approximate surface area is 58.6 Å². The van der Waals surface area contributed by atoms with Gasteiger partial charge in [0.15, 0.2) is 0 Å². The number of benzene rings is 1. The van der Waals surface area contributed by atoms with Crippen LogP contribution in [0.25, 0.3) is 0 Å². The van der Waals surface area contributed by atoms with Crippen LogP contribution in [0.3, 0.4) is 0 Å². The Morgan fingerprint density at radius 1 is 1.20 bits per heavy atom. The molecule has 1 aromatic carbocycles. The highest BCUT2D eigenvalue weighted by molar-refractivity contribution is 5.46. The first kappa shape index (κ1) is 4.61. The zero-order chi connectivity index (χ0) is 6.60. The topological polar surface area (TPSA) is 24.7 Å². The number of hydrogen-bond donors (Lipinski definition) is 0. The smallest absolute Gasteiger partial charge is 0.153 e. The molecule has 0 fully saturated rings. The van der Waals surface area contributed by atoms with Crippen molar-refractivity contribution in [2.75, 3.05) is 0 Å². The number of nitrogens with zero attached hydrogens (tertiary/aromatic N) is 2. The molecule has 0 amide bonds. The molecule has 0 unspecified atom stereocenters. The summed E-state index contributed by atoms with van der Waals surface area (Å²) in [5.41, 5.74) is 2.68. The van der Waals surface area contributed by atoms with E-state index < -0.39 is 0 Å². The van der Waals surface area contributed by atoms with Crippen LogP contribution >= 0.6 is 0 Å². The van der Waals surface area contributed by atoms with Crippen molar-refractivity contribution in [2.24, 2.45) is 10.2 Å². The second kappa shape index (κ2) is 1.15. The van der Waals surface area contributed by atoms with Crippen molar-refractivity contribution in [3.8, 4) is 0 Å². The lowest BCUT2D eigenvalue weighted by Gasteiger charge is -2.24. The third-order valence-corrected chi connectivity index (χ3v) is 2.23. The van der Waals surface area contributed by atoms with E-state index in [0.717, 1.165) is 6.42 Å². The van der Waals surface area contributed by atoms with Crippen molar-refractivity contribution in [3.05, 3.63) is 35.4 Å². The van der Waals surface area contributed by atoms with E-state index in [1.165, 1.54) is 11.1 Å². The summed E-state index contributed by atoms with van der Waals surface area (Å²) < 4.78 is 0. The van der Waals surface area contributed by atoms with Gasteiger partial charge in [-0.1, -0.05) is 24.3 Å². The van der Waals surface area contributed by atoms with E-state index in [4.69, 9.17) is 0 Å². The zero-order valence-corrected chi connectivity index (χ0v) is 5.41. The zero-order valence-electron chi connectivity index (χ0n) is 5.41. The number of hydrogen-bond acceptors (Lipinski definition) is 2. The Morgan fingerprint density at radius 3 is 2.70 bits per heavy atom. The maximum Gasteiger partial charge on any atom is 0.220 e. The van der Waals surface area contributed by atoms with Gasteiger partial charge in [0.1, 0.15) is 0 Å². The summed E-state index contributed by atoms with van der Waals surface area (Å²) in [5.74, 6) is 0. The van der Waals surface area contributed by atoms with Crippen molar-refractivity contribution in [3.63, 3.8) is 0 Å². The molecule has 0 aromatic heterocycles. The summed E-state index contributed by atoms with van der Waals surface area (Å²) in [7, 11) is 0. The Bertz CT molecular complexity index is 322. The SMILES string of the molecule is c1ccc2c(c1)CC21N=N1. The largest absolute Gasteiger partial charge is 0.220 e. The maximum atomic E-state index is 4.01. The highest BCUT2D eigenvalue weighted by Gasteiger charge is 2.51. The number of rotatable bonds is 0. The van der Waals surface area contributed by atoms with Gasteiger partial charge in [-0.3, -0.25) is 0 Å². The first-order valence-corrected chi connectivity index (χ1v) is 3.43. The highest BCUT2D eigenvalue weighted by Crippen LogP contribution is 2.51. The van der Waals surface area contributed by atoms with Gasteiger partial charge < -0.3 is 0 Å². The molecule has 1 heterocycles. The van der Waals surface area contributed by atoms with Crippen molar-refractivity contribution >= 4 is 0 Å². The van der Waals surface area contributed by atoms with E-state index in [1.54, 1.807) is 0 Å². The van der Waals surface area contributed by atoms with Gasteiger partial charge in [0.05, 0.1) is 0 Å². The molecule has 0 atom stereocenters. The van der Waals surface area contributed by atoms with Crippen molar-refractivity contribution < 1.29 is 0 Å². The lowest BCUT2D eigenvalue weighted by molar-refractivity contribution is 0.558. The van der Waals surface area contributed by atoms with Gasteiger partial charge in [0, 0.05) is 12.0 Å². The third-order valence-electron chi connectivity index (χ3n) is 2.23. The normalized spacial score (nSPS) is 22.0. The predicted octanol–water partition coefficient (Wildman–Crippen LogP) is 1.86. The summed E-state index contributed by atoms with van der Waals surface area (Å²) >= 11 is 0. The summed E-state index contributed by atoms with van der Waals surface area (Å²) in [6, 6.07) is 8.36. The molecular weight excluding hydrogens is 124 g/mol. The molecule has 2 heteroatoms. The summed E-state index contributed by atoms with van der Waals surface area (Å²) in [6.45, 7) is 0. The van der Waals surface area contributed by atoms with Crippen LogP contribution in [0.15, 0.2) is 34.5 Å². The summed E-state index contributed by atoms with van der Waals surface area (Å²) in [6.07, 6.45) is 1.03. The molecule has 10 heavy (non-hydrogen) atoms. The molecule has 0 radical (unpaired) electrons. The van der Waals surface area contributed by atoms with E-state index in [9.17, 15) is 0 Å². The molecule has 1 spiro atoms. The first-order chi connectivity index (χ1) is 4.91. The van der Waals surface area contributed by atoms with E-state index in [1.807, 2.05) is 6.07 Å². The van der Waals surface area contributed by atoms with Crippen LogP contribution in [0, 0.1) is 0 Å². The fraction of sp³-hybridized carbons (Fsp3) is 0.250. The molecule has 48 valence electrons. The summed E-state index contributed by atoms with van der Waals surface area (Å²) in [5, 5.41) is 8.01. The molecule has 1 aliphatic carbocycles. The van der Waals surface area contributed by atoms with Crippen molar-refractivity contribution in [1.29, 1.82) is 0 Å². The molecule has 3 rings (SSSR count). The van der Waals surface area contributed by atoms with E-state index in [2.05, 4.69) is 28.4 Å². The molecule has 0 N–H and O–H groups in total. The Morgan fingerprint density at radius 2 is 2.00 bits per heavy atom. The standard InChI is InChI=1S/C8H6N2/c1-2-4-7-6(3-1)5-8(7)9-10-8/h1-4H,5H2. The van der Waals surface area contributed by atoms with Crippen LogP contribution < -0.4 is 0 Å². The van der Waals surface area contributed by atoms with Crippen molar-refractivity contribution in [2.45, 2.75) is 12.1 Å². The van der Waals surface area contributed by atoms with Gasteiger partial charge in [0.2, 0.25) is 5.66 Å². The molecule has 2 nitrogen and oxygen atoms in total. The first-order valence-electron chi connectivity index (χ1n) is 3.43. The molecule has 1 aliphatic heterocycles. The fourth-order valence-corrected chi connectivity index (χ4v) is 1.56. The van der Waals surface area contributed by atoms with E-state index >= 15 is 0 Å². The Balaban J connectivity index is 2.22. The van der Waals surface area contributed by atoms with Crippen LogP contribution in [-0.4, -0.2) is 0 Å². The van der Waals surface area contributed by atoms with Gasteiger partial charge in [-0.25, -0.2) is 0 Å². The minimum Gasteiger partial charge on any atom is -0.153 e. The molecular formula is C8H6N2. The summed E-state index contributed by atoms with van der Waals surface area (Å²) in [4.78, 5) is 0. The molecule has 0 bridgehead atoms. The maximum absolute atomic E-state index is 4.01. The lowest BCUT2D eigenvalue weighted by Crippen LogP contribution is -2.25. The van der Waals surface area contributed by atoms with Gasteiger partial charge in [0.25, 0.3) is 0 Å². The van der Waals surface area contributed by atoms with Crippen LogP contribution in [0.1, 0.15) is 11.1 Å². The van der Waals surface area contributed by atoms with Gasteiger partial charge in [-0.15, -0.1) is 0 Å². The third kappa shape index (κ3) is 0.347. The van der Waals surface area contributed by atoms with Gasteiger partial charge >= 0.3 is 0 Å². The molecule has 1 aromatic rings. The Hall–Kier alpha value is -1.18. The molecule has 0 saturated carbocycles. The van der Waals surface area contributed by atoms with E-state index in [-0.39, 0.29) is 5.66 Å². The Kier molecular flexibility index (Phi) is 0.528. The molecule has 0 saturated heterocycles.